The van der Waals surface area contributed by atoms with Crippen LogP contribution in [0.25, 0.3) is 10.2 Å². The van der Waals surface area contributed by atoms with E-state index in [0.29, 0.717) is 0 Å². The molecule has 0 spiro atoms. The number of ether oxygens (including phenoxy) is 1. The Bertz CT molecular complexity index is 787. The highest BCUT2D eigenvalue weighted by molar-refractivity contribution is 7.18. The minimum atomic E-state index is -1.24. The van der Waals surface area contributed by atoms with Crippen molar-refractivity contribution in [3.63, 3.8) is 0 Å². The van der Waals surface area contributed by atoms with Crippen molar-refractivity contribution in [2.75, 3.05) is 0 Å². The van der Waals surface area contributed by atoms with E-state index in [1.165, 1.54) is 5.56 Å². The summed E-state index contributed by atoms with van der Waals surface area (Å²) < 4.78 is 6.24. The van der Waals surface area contributed by atoms with Gasteiger partial charge in [0.05, 0.1) is 22.4 Å². The van der Waals surface area contributed by atoms with Gasteiger partial charge in [0.1, 0.15) is 5.01 Å². The van der Waals surface area contributed by atoms with Gasteiger partial charge in [0.15, 0.2) is 11.9 Å². The van der Waals surface area contributed by atoms with Crippen LogP contribution in [-0.2, 0) is 9.53 Å². The van der Waals surface area contributed by atoms with Crippen molar-refractivity contribution in [1.82, 2.24) is 15.6 Å². The number of rotatable bonds is 7. The van der Waals surface area contributed by atoms with E-state index in [2.05, 4.69) is 21.7 Å². The van der Waals surface area contributed by atoms with Crippen molar-refractivity contribution in [3.05, 3.63) is 28.8 Å². The van der Waals surface area contributed by atoms with Crippen LogP contribution >= 0.6 is 11.3 Å². The van der Waals surface area contributed by atoms with Crippen molar-refractivity contribution in [2.45, 2.75) is 59.4 Å². The lowest BCUT2D eigenvalue weighted by molar-refractivity contribution is -0.116. The van der Waals surface area contributed by atoms with Gasteiger partial charge in [0.25, 0.3) is 0 Å². The Morgan fingerprint density at radius 1 is 1.27 bits per heavy atom. The van der Waals surface area contributed by atoms with Gasteiger partial charge < -0.3 is 4.74 Å². The Kier molecular flexibility index (Phi) is 6.36. The van der Waals surface area contributed by atoms with Crippen LogP contribution in [0.15, 0.2) is 18.2 Å². The highest BCUT2D eigenvalue weighted by atomic mass is 32.1. The molecule has 7 heteroatoms. The lowest BCUT2D eigenvalue weighted by atomic mass is 9.96. The molecule has 1 amide bonds. The van der Waals surface area contributed by atoms with Crippen LogP contribution in [0.5, 0.6) is 0 Å². The number of carbonyl (C=O) groups excluding carboxylic acids is 2. The van der Waals surface area contributed by atoms with E-state index >= 15 is 0 Å². The van der Waals surface area contributed by atoms with Crippen LogP contribution in [0, 0.1) is 12.8 Å². The summed E-state index contributed by atoms with van der Waals surface area (Å²) in [7, 11) is 0. The SMILES string of the molecule is Cc1ccc2nc(C(C)NC(C=O)(NC(=O)OC(C)C)C(C)C)sc2c1. The van der Waals surface area contributed by atoms with Gasteiger partial charge in [0.2, 0.25) is 0 Å². The van der Waals surface area contributed by atoms with Crippen molar-refractivity contribution in [1.29, 1.82) is 0 Å². The highest BCUT2D eigenvalue weighted by Crippen LogP contribution is 2.28. The lowest BCUT2D eigenvalue weighted by Crippen LogP contribution is -2.64. The third kappa shape index (κ3) is 4.59. The van der Waals surface area contributed by atoms with E-state index in [9.17, 15) is 9.59 Å². The molecule has 142 valence electrons. The largest absolute Gasteiger partial charge is 0.447 e. The normalized spacial score (nSPS) is 15.1. The fourth-order valence-corrected chi connectivity index (χ4v) is 3.68. The topological polar surface area (TPSA) is 80.3 Å². The second-order valence-corrected chi connectivity index (χ2v) is 8.17. The van der Waals surface area contributed by atoms with Gasteiger partial charge in [-0.05, 0) is 51.3 Å². The number of benzene rings is 1. The number of hydrogen-bond acceptors (Lipinski definition) is 6. The second-order valence-electron chi connectivity index (χ2n) is 7.11. The zero-order valence-corrected chi connectivity index (χ0v) is 16.9. The predicted octanol–water partition coefficient (Wildman–Crippen LogP) is 3.94. The summed E-state index contributed by atoms with van der Waals surface area (Å²) in [5, 5.41) is 6.79. The lowest BCUT2D eigenvalue weighted by Gasteiger charge is -2.36. The van der Waals surface area contributed by atoms with Gasteiger partial charge in [-0.1, -0.05) is 19.9 Å². The Morgan fingerprint density at radius 2 is 1.96 bits per heavy atom. The average Bonchev–Trinajstić information content (AvgIpc) is 2.96. The summed E-state index contributed by atoms with van der Waals surface area (Å²) in [6.45, 7) is 11.2. The van der Waals surface area contributed by atoms with Gasteiger partial charge in [0, 0.05) is 0 Å². The molecular weight excluding hydrogens is 350 g/mol. The third-order valence-corrected chi connectivity index (χ3v) is 5.34. The van der Waals surface area contributed by atoms with E-state index in [1.807, 2.05) is 39.8 Å². The molecule has 2 atom stereocenters. The predicted molar refractivity (Wildman–Crippen MR) is 104 cm³/mol. The van der Waals surface area contributed by atoms with E-state index in [-0.39, 0.29) is 18.1 Å². The van der Waals surface area contributed by atoms with E-state index in [0.717, 1.165) is 21.5 Å². The monoisotopic (exact) mass is 377 g/mol. The molecule has 2 unspecified atom stereocenters. The molecule has 0 aliphatic heterocycles. The van der Waals surface area contributed by atoms with Crippen molar-refractivity contribution in [2.24, 2.45) is 5.92 Å². The summed E-state index contributed by atoms with van der Waals surface area (Å²) in [6.07, 6.45) is -0.162. The molecule has 0 saturated carbocycles. The molecule has 26 heavy (non-hydrogen) atoms. The number of aromatic nitrogens is 1. The smallest absolute Gasteiger partial charge is 0.409 e. The number of nitrogens with zero attached hydrogens (tertiary/aromatic N) is 1. The maximum atomic E-state index is 12.1. The number of aldehydes is 1. The van der Waals surface area contributed by atoms with Gasteiger partial charge in [-0.25, -0.2) is 9.78 Å². The van der Waals surface area contributed by atoms with Gasteiger partial charge in [-0.15, -0.1) is 11.3 Å². The number of alkyl carbamates (subject to hydrolysis) is 1. The summed E-state index contributed by atoms with van der Waals surface area (Å²) in [5.74, 6) is -0.182. The number of amides is 1. The van der Waals surface area contributed by atoms with Gasteiger partial charge in [-0.2, -0.15) is 0 Å². The maximum absolute atomic E-state index is 12.1. The fraction of sp³-hybridized carbons (Fsp3) is 0.526. The van der Waals surface area contributed by atoms with Crippen LogP contribution in [0.2, 0.25) is 0 Å². The molecule has 0 saturated heterocycles. The number of carbonyl (C=O) groups is 2. The number of hydrogen-bond donors (Lipinski definition) is 2. The molecule has 0 fully saturated rings. The number of fused-ring (bicyclic) bond motifs is 1. The third-order valence-electron chi connectivity index (χ3n) is 4.13. The zero-order chi connectivity index (χ0) is 19.5. The van der Waals surface area contributed by atoms with Gasteiger partial charge in [-0.3, -0.25) is 15.4 Å². The second kappa shape index (κ2) is 8.14. The Labute approximate surface area is 158 Å². The summed E-state index contributed by atoms with van der Waals surface area (Å²) >= 11 is 1.58. The summed E-state index contributed by atoms with van der Waals surface area (Å²) in [6, 6.07) is 5.89. The Balaban J connectivity index is 2.25. The van der Waals surface area contributed by atoms with Crippen molar-refractivity contribution in [3.8, 4) is 0 Å². The molecule has 0 radical (unpaired) electrons. The first-order valence-corrected chi connectivity index (χ1v) is 9.58. The van der Waals surface area contributed by atoms with Crippen molar-refractivity contribution < 1.29 is 14.3 Å². The quantitative estimate of drug-likeness (QED) is 0.564. The number of thiazole rings is 1. The molecule has 2 rings (SSSR count). The summed E-state index contributed by atoms with van der Waals surface area (Å²) in [4.78, 5) is 28.7. The van der Waals surface area contributed by atoms with Crippen LogP contribution in [0.4, 0.5) is 4.79 Å². The minimum Gasteiger partial charge on any atom is -0.447 e. The summed E-state index contributed by atoms with van der Waals surface area (Å²) in [5.41, 5.74) is 0.868. The van der Waals surface area contributed by atoms with Crippen LogP contribution in [0.3, 0.4) is 0 Å². The molecule has 0 bridgehead atoms. The van der Waals surface area contributed by atoms with E-state index < -0.39 is 11.8 Å². The van der Waals surface area contributed by atoms with Gasteiger partial charge >= 0.3 is 6.09 Å². The molecule has 1 heterocycles. The highest BCUT2D eigenvalue weighted by Gasteiger charge is 2.38. The first-order chi connectivity index (χ1) is 12.2. The molecule has 1 aromatic heterocycles. The standard InChI is InChI=1S/C19H27N3O3S/c1-11(2)19(10-23,22-18(24)25-12(3)4)21-14(6)17-20-15-8-7-13(5)9-16(15)26-17/h7-12,14,21H,1-6H3,(H,22,24). The van der Waals surface area contributed by atoms with E-state index in [1.54, 1.807) is 25.2 Å². The zero-order valence-electron chi connectivity index (χ0n) is 16.1. The van der Waals surface area contributed by atoms with Crippen LogP contribution in [-0.4, -0.2) is 29.1 Å². The fourth-order valence-electron chi connectivity index (χ4n) is 2.61. The molecule has 6 nitrogen and oxygen atoms in total. The molecular formula is C19H27N3O3S. The number of aryl methyl sites for hydroxylation is 1. The molecule has 1 aromatic carbocycles. The molecule has 2 N–H and O–H groups in total. The minimum absolute atomic E-state index is 0.182. The molecule has 0 aliphatic rings. The first-order valence-electron chi connectivity index (χ1n) is 8.76. The molecule has 2 aromatic rings. The molecule has 0 aliphatic carbocycles. The van der Waals surface area contributed by atoms with E-state index in [4.69, 9.17) is 4.74 Å². The van der Waals surface area contributed by atoms with Crippen LogP contribution in [0.1, 0.15) is 51.2 Å². The Hall–Kier alpha value is -1.99. The average molecular weight is 378 g/mol. The maximum Gasteiger partial charge on any atom is 0.409 e. The first kappa shape index (κ1) is 20.3. The Morgan fingerprint density at radius 3 is 2.54 bits per heavy atom. The number of nitrogens with one attached hydrogen (secondary N) is 2. The van der Waals surface area contributed by atoms with Crippen molar-refractivity contribution >= 4 is 33.9 Å². The van der Waals surface area contributed by atoms with Crippen LogP contribution < -0.4 is 10.6 Å².